The van der Waals surface area contributed by atoms with E-state index in [9.17, 15) is 14.6 Å². The number of carbonyl (C=O) groups is 1. The van der Waals surface area contributed by atoms with Gasteiger partial charge in [0.15, 0.2) is 5.78 Å². The number of nitriles is 1. The second-order valence-corrected chi connectivity index (χ2v) is 8.47. The third kappa shape index (κ3) is 3.82. The molecule has 0 aliphatic carbocycles. The van der Waals surface area contributed by atoms with Crippen molar-refractivity contribution >= 4 is 51.1 Å². The molecule has 3 aromatic rings. The first-order valence-corrected chi connectivity index (χ1v) is 10.3. The standard InChI is InChI=1S/C19H14Cl2N4O2S/c1-10(2)18(26)16-12(5-22)15-13(20)3-4-14(21)17(15)25-19(16)28(27)8-11-6-23-9-24-7-11/h3-4,6-7,9-10H,8H2,1-2H3. The van der Waals surface area contributed by atoms with Crippen LogP contribution < -0.4 is 0 Å². The second-order valence-electron chi connectivity index (χ2n) is 6.29. The van der Waals surface area contributed by atoms with Crippen LogP contribution in [0.3, 0.4) is 0 Å². The zero-order chi connectivity index (χ0) is 20.4. The number of aromatic nitrogens is 3. The molecular weight excluding hydrogens is 419 g/mol. The molecule has 0 N–H and O–H groups in total. The summed E-state index contributed by atoms with van der Waals surface area (Å²) in [5, 5.41) is 10.6. The molecule has 2 heterocycles. The van der Waals surface area contributed by atoms with Crippen LogP contribution in [0.1, 0.15) is 35.3 Å². The van der Waals surface area contributed by atoms with E-state index >= 15 is 0 Å². The molecule has 1 aromatic carbocycles. The van der Waals surface area contributed by atoms with Gasteiger partial charge in [-0.2, -0.15) is 10.2 Å². The summed E-state index contributed by atoms with van der Waals surface area (Å²) >= 11 is 10.8. The number of benzene rings is 1. The average Bonchev–Trinajstić information content (AvgIpc) is 2.69. The molecule has 0 saturated heterocycles. The van der Waals surface area contributed by atoms with Gasteiger partial charge in [-0.25, -0.2) is 9.97 Å². The lowest BCUT2D eigenvalue weighted by Gasteiger charge is -2.17. The van der Waals surface area contributed by atoms with E-state index in [-0.39, 0.29) is 48.6 Å². The Hall–Kier alpha value is -2.24. The fourth-order valence-corrected chi connectivity index (χ4v) is 4.35. The van der Waals surface area contributed by atoms with E-state index in [4.69, 9.17) is 23.2 Å². The molecule has 3 rings (SSSR count). The molecule has 0 aliphatic heterocycles. The highest BCUT2D eigenvalue weighted by Gasteiger charge is 2.31. The lowest BCUT2D eigenvalue weighted by Crippen LogP contribution is -2.19. The number of Topliss-reactive ketones (excluding diaryl/α,β-unsaturated/α-hetero) is 1. The number of nitrogens with zero attached hydrogens (tertiary/aromatic N) is 4. The van der Waals surface area contributed by atoms with E-state index in [0.29, 0.717) is 5.56 Å². The van der Waals surface area contributed by atoms with E-state index in [0.717, 1.165) is 0 Å². The monoisotopic (exact) mass is 432 g/mol. The van der Waals surface area contributed by atoms with Gasteiger partial charge < -0.3 is 4.55 Å². The van der Waals surface area contributed by atoms with Crippen molar-refractivity contribution in [1.82, 2.24) is 15.0 Å². The molecule has 0 fully saturated rings. The zero-order valence-electron chi connectivity index (χ0n) is 14.9. The first-order valence-electron chi connectivity index (χ1n) is 8.23. The van der Waals surface area contributed by atoms with E-state index < -0.39 is 17.1 Å². The number of fused-ring (bicyclic) bond motifs is 1. The zero-order valence-corrected chi connectivity index (χ0v) is 17.3. The number of rotatable bonds is 5. The minimum atomic E-state index is -1.73. The predicted octanol–water partition coefficient (Wildman–Crippen LogP) is 4.35. The fourth-order valence-electron chi connectivity index (χ4n) is 2.70. The largest absolute Gasteiger partial charge is 0.610 e. The van der Waals surface area contributed by atoms with E-state index in [1.807, 2.05) is 6.07 Å². The highest BCUT2D eigenvalue weighted by atomic mass is 35.5. The van der Waals surface area contributed by atoms with Gasteiger partial charge >= 0.3 is 0 Å². The summed E-state index contributed by atoms with van der Waals surface area (Å²) in [5.74, 6) is -0.726. The van der Waals surface area contributed by atoms with Gasteiger partial charge in [0.2, 0.25) is 0 Å². The summed E-state index contributed by atoms with van der Waals surface area (Å²) in [6.45, 7) is 3.40. The lowest BCUT2D eigenvalue weighted by atomic mass is 9.96. The fraction of sp³-hybridized carbons (Fsp3) is 0.211. The predicted molar refractivity (Wildman–Crippen MR) is 108 cm³/mol. The van der Waals surface area contributed by atoms with Gasteiger partial charge in [-0.3, -0.25) is 4.79 Å². The molecule has 0 aliphatic rings. The van der Waals surface area contributed by atoms with Crippen molar-refractivity contribution in [3.8, 4) is 6.07 Å². The third-order valence-corrected chi connectivity index (χ3v) is 5.96. The van der Waals surface area contributed by atoms with E-state index in [1.165, 1.54) is 24.8 Å². The Labute approximate surface area is 174 Å². The third-order valence-electron chi connectivity index (χ3n) is 4.02. The van der Waals surface area contributed by atoms with Crippen LogP contribution in [-0.2, 0) is 16.9 Å². The topological polar surface area (TPSA) is 103 Å². The van der Waals surface area contributed by atoms with Crippen molar-refractivity contribution in [2.45, 2.75) is 24.6 Å². The van der Waals surface area contributed by atoms with Crippen LogP contribution >= 0.6 is 23.2 Å². The summed E-state index contributed by atoms with van der Waals surface area (Å²) in [4.78, 5) is 25.1. The van der Waals surface area contributed by atoms with Gasteiger partial charge in [0.25, 0.3) is 5.03 Å². The second kappa shape index (κ2) is 8.41. The molecule has 1 atom stereocenters. The smallest absolute Gasteiger partial charge is 0.257 e. The Bertz CT molecular complexity index is 1100. The Morgan fingerprint density at radius 1 is 1.25 bits per heavy atom. The number of hydrogen-bond donors (Lipinski definition) is 0. The first kappa shape index (κ1) is 20.5. The maximum Gasteiger partial charge on any atom is 0.257 e. The summed E-state index contributed by atoms with van der Waals surface area (Å²) < 4.78 is 13.1. The van der Waals surface area contributed by atoms with Crippen molar-refractivity contribution in [1.29, 1.82) is 5.26 Å². The summed E-state index contributed by atoms with van der Waals surface area (Å²) in [6.07, 6.45) is 4.43. The maximum atomic E-state index is 13.1. The summed E-state index contributed by atoms with van der Waals surface area (Å²) in [6, 6.07) is 5.12. The Morgan fingerprint density at radius 3 is 2.50 bits per heavy atom. The molecule has 9 heteroatoms. The molecule has 6 nitrogen and oxygen atoms in total. The Balaban J connectivity index is 2.31. The van der Waals surface area contributed by atoms with E-state index in [2.05, 4.69) is 15.0 Å². The molecule has 0 spiro atoms. The average molecular weight is 433 g/mol. The molecule has 142 valence electrons. The molecule has 1 unspecified atom stereocenters. The van der Waals surface area contributed by atoms with Crippen molar-refractivity contribution in [2.75, 3.05) is 0 Å². The Morgan fingerprint density at radius 2 is 1.89 bits per heavy atom. The number of halogens is 2. The molecule has 0 bridgehead atoms. The minimum absolute atomic E-state index is 0.00997. The minimum Gasteiger partial charge on any atom is -0.610 e. The lowest BCUT2D eigenvalue weighted by molar-refractivity contribution is 0.0935. The molecule has 2 aromatic heterocycles. The maximum absolute atomic E-state index is 13.1. The van der Waals surface area contributed by atoms with Crippen molar-refractivity contribution in [3.63, 3.8) is 0 Å². The van der Waals surface area contributed by atoms with Crippen LogP contribution in [0.15, 0.2) is 35.9 Å². The number of carbonyl (C=O) groups excluding carboxylic acids is 1. The molecule has 0 amide bonds. The van der Waals surface area contributed by atoms with Gasteiger partial charge in [0.1, 0.15) is 23.7 Å². The van der Waals surface area contributed by atoms with Gasteiger partial charge in [-0.05, 0) is 12.1 Å². The van der Waals surface area contributed by atoms with Crippen LogP contribution in [0.4, 0.5) is 0 Å². The van der Waals surface area contributed by atoms with Gasteiger partial charge in [-0.15, -0.1) is 0 Å². The molecule has 28 heavy (non-hydrogen) atoms. The van der Waals surface area contributed by atoms with Crippen LogP contribution in [0, 0.1) is 17.2 Å². The Kier molecular flexibility index (Phi) is 6.16. The number of pyridine rings is 1. The number of ketones is 1. The van der Waals surface area contributed by atoms with Crippen molar-refractivity contribution < 1.29 is 9.35 Å². The molecule has 0 saturated carbocycles. The molecule has 0 radical (unpaired) electrons. The van der Waals surface area contributed by atoms with E-state index in [1.54, 1.807) is 19.9 Å². The van der Waals surface area contributed by atoms with Gasteiger partial charge in [0, 0.05) is 40.4 Å². The summed E-state index contributed by atoms with van der Waals surface area (Å²) in [7, 11) is 0. The normalized spacial score (nSPS) is 12.2. The van der Waals surface area contributed by atoms with Crippen LogP contribution in [0.2, 0.25) is 10.0 Å². The van der Waals surface area contributed by atoms with Crippen LogP contribution in [0.25, 0.3) is 10.9 Å². The van der Waals surface area contributed by atoms with Crippen LogP contribution in [0.5, 0.6) is 0 Å². The highest BCUT2D eigenvalue weighted by Crippen LogP contribution is 2.36. The SMILES string of the molecule is CC(C)C(=O)c1c([S+]([O-])Cc2cncnc2)nc2c(Cl)ccc(Cl)c2c1C#N. The van der Waals surface area contributed by atoms with Gasteiger partial charge in [0.05, 0.1) is 21.1 Å². The van der Waals surface area contributed by atoms with Gasteiger partial charge in [-0.1, -0.05) is 37.0 Å². The van der Waals surface area contributed by atoms with Crippen molar-refractivity contribution in [3.05, 3.63) is 57.6 Å². The highest BCUT2D eigenvalue weighted by molar-refractivity contribution is 7.90. The number of hydrogen-bond acceptors (Lipinski definition) is 6. The summed E-state index contributed by atoms with van der Waals surface area (Å²) in [5.41, 5.74) is 0.897. The van der Waals surface area contributed by atoms with Crippen LogP contribution in [-0.4, -0.2) is 25.3 Å². The first-order chi connectivity index (χ1) is 13.3. The molecular formula is C19H14Cl2N4O2S. The quantitative estimate of drug-likeness (QED) is 0.438. The van der Waals surface area contributed by atoms with Crippen molar-refractivity contribution in [2.24, 2.45) is 5.92 Å².